The molecule has 0 amide bonds. The van der Waals surface area contributed by atoms with Crippen LogP contribution in [0.15, 0.2) is 12.4 Å². The smallest absolute Gasteiger partial charge is 0.0656 e. The van der Waals surface area contributed by atoms with Crippen molar-refractivity contribution in [2.75, 3.05) is 0 Å². The lowest BCUT2D eigenvalue weighted by atomic mass is 9.44. The van der Waals surface area contributed by atoms with Gasteiger partial charge in [-0.1, -0.05) is 13.8 Å². The Kier molecular flexibility index (Phi) is 5.13. The van der Waals surface area contributed by atoms with Crippen LogP contribution in [0.1, 0.15) is 90.5 Å². The van der Waals surface area contributed by atoms with Gasteiger partial charge in [0.25, 0.3) is 0 Å². The molecule has 1 heterocycles. The number of aliphatic hydroxyl groups is 2. The Morgan fingerprint density at radius 2 is 1.83 bits per heavy atom. The Morgan fingerprint density at radius 3 is 2.60 bits per heavy atom. The number of H-pyrrole nitrogens is 1. The van der Waals surface area contributed by atoms with Crippen molar-refractivity contribution in [3.8, 4) is 0 Å². The fourth-order valence-corrected chi connectivity index (χ4v) is 9.24. The fraction of sp³-hybridized carbons (Fsp3) is 0.885. The lowest BCUT2D eigenvalue weighted by molar-refractivity contribution is -0.144. The summed E-state index contributed by atoms with van der Waals surface area (Å²) >= 11 is 0. The van der Waals surface area contributed by atoms with Crippen molar-refractivity contribution in [1.29, 1.82) is 0 Å². The lowest BCUT2D eigenvalue weighted by Gasteiger charge is -2.61. The third-order valence-electron chi connectivity index (χ3n) is 10.9. The molecule has 5 rings (SSSR count). The van der Waals surface area contributed by atoms with E-state index in [1.165, 1.54) is 50.5 Å². The summed E-state index contributed by atoms with van der Waals surface area (Å²) < 4.78 is 0. The largest absolute Gasteiger partial charge is 0.393 e. The number of rotatable bonds is 4. The van der Waals surface area contributed by atoms with Crippen LogP contribution in [0, 0.1) is 40.4 Å². The van der Waals surface area contributed by atoms with Gasteiger partial charge in [-0.15, -0.1) is 0 Å². The minimum Gasteiger partial charge on any atom is -0.393 e. The second-order valence-corrected chi connectivity index (χ2v) is 12.2. The van der Waals surface area contributed by atoms with E-state index in [4.69, 9.17) is 0 Å². The highest BCUT2D eigenvalue weighted by atomic mass is 16.3. The van der Waals surface area contributed by atoms with Gasteiger partial charge in [0.1, 0.15) is 0 Å². The predicted octanol–water partition coefficient (Wildman–Crippen LogP) is 5.11. The fourth-order valence-electron chi connectivity index (χ4n) is 9.24. The highest BCUT2D eigenvalue weighted by molar-refractivity contribution is 5.12. The summed E-state index contributed by atoms with van der Waals surface area (Å²) in [5, 5.41) is 28.8. The molecular formula is C26H42N2O2. The van der Waals surface area contributed by atoms with E-state index in [1.54, 1.807) is 0 Å². The van der Waals surface area contributed by atoms with Gasteiger partial charge >= 0.3 is 0 Å². The first kappa shape index (κ1) is 21.0. The normalized spacial score (nSPS) is 47.8. The van der Waals surface area contributed by atoms with Crippen LogP contribution in [0.5, 0.6) is 0 Å². The van der Waals surface area contributed by atoms with Crippen LogP contribution in [-0.4, -0.2) is 32.1 Å². The van der Waals surface area contributed by atoms with Gasteiger partial charge in [0.15, 0.2) is 0 Å². The second kappa shape index (κ2) is 7.33. The highest BCUT2D eigenvalue weighted by Crippen LogP contribution is 2.68. The van der Waals surface area contributed by atoms with Gasteiger partial charge in [0.05, 0.1) is 17.9 Å². The Labute approximate surface area is 182 Å². The molecule has 4 saturated carbocycles. The van der Waals surface area contributed by atoms with Crippen molar-refractivity contribution >= 4 is 0 Å². The van der Waals surface area contributed by atoms with E-state index in [-0.39, 0.29) is 11.5 Å². The summed E-state index contributed by atoms with van der Waals surface area (Å²) in [6.07, 6.45) is 16.5. The van der Waals surface area contributed by atoms with Crippen LogP contribution >= 0.6 is 0 Å². The van der Waals surface area contributed by atoms with Gasteiger partial charge in [-0.3, -0.25) is 5.10 Å². The molecule has 4 heteroatoms. The molecule has 0 aliphatic heterocycles. The molecule has 2 unspecified atom stereocenters. The summed E-state index contributed by atoms with van der Waals surface area (Å²) in [5.41, 5.74) is 1.30. The van der Waals surface area contributed by atoms with E-state index in [1.807, 2.05) is 12.4 Å². The standard InChI is InChI=1S/C26H42N2O2/c1-24-11-9-19(29)14-18(24)4-5-20-21-6-7-23(25(21,2)12-10-22(20)24)26(3,30)13-8-17-15-27-28-16-17/h15-16,18-23,29-30H,4-14H2,1-3H3,(H,27,28)/t18?,19-,20-,21-,22-,23-,24-,25-,26?/m0/s1. The highest BCUT2D eigenvalue weighted by Gasteiger charge is 2.62. The summed E-state index contributed by atoms with van der Waals surface area (Å²) in [4.78, 5) is 0. The molecule has 0 aromatic carbocycles. The third-order valence-corrected chi connectivity index (χ3v) is 10.9. The zero-order valence-electron chi connectivity index (χ0n) is 19.2. The second-order valence-electron chi connectivity index (χ2n) is 12.2. The van der Waals surface area contributed by atoms with Gasteiger partial charge < -0.3 is 10.2 Å². The maximum absolute atomic E-state index is 11.6. The molecule has 168 valence electrons. The van der Waals surface area contributed by atoms with Crippen molar-refractivity contribution in [2.45, 2.75) is 103 Å². The van der Waals surface area contributed by atoms with E-state index in [0.29, 0.717) is 11.3 Å². The van der Waals surface area contributed by atoms with Crippen LogP contribution in [0.25, 0.3) is 0 Å². The van der Waals surface area contributed by atoms with Crippen LogP contribution < -0.4 is 0 Å². The zero-order valence-corrected chi connectivity index (χ0v) is 19.2. The Bertz CT molecular complexity index is 746. The SMILES string of the molecule is CC(O)(CCc1cn[nH]c1)[C@H]1CC[C@H]2[C@@H]3CCC4C[C@@H](O)CC[C@]4(C)[C@H]3CC[C@]12C. The van der Waals surface area contributed by atoms with Gasteiger partial charge in [0, 0.05) is 6.20 Å². The zero-order chi connectivity index (χ0) is 21.1. The average molecular weight is 415 g/mol. The summed E-state index contributed by atoms with van der Waals surface area (Å²) in [6, 6.07) is 0. The van der Waals surface area contributed by atoms with Crippen molar-refractivity contribution in [3.05, 3.63) is 18.0 Å². The molecule has 1 aromatic rings. The van der Waals surface area contributed by atoms with E-state index >= 15 is 0 Å². The summed E-state index contributed by atoms with van der Waals surface area (Å²) in [5.74, 6) is 3.56. The number of aromatic nitrogens is 2. The number of aromatic amines is 1. The number of aliphatic hydroxyl groups excluding tert-OH is 1. The minimum atomic E-state index is -0.607. The number of nitrogens with zero attached hydrogens (tertiary/aromatic N) is 1. The first-order valence-electron chi connectivity index (χ1n) is 12.6. The molecule has 4 fully saturated rings. The van der Waals surface area contributed by atoms with E-state index in [2.05, 4.69) is 31.0 Å². The van der Waals surface area contributed by atoms with E-state index in [0.717, 1.165) is 49.4 Å². The molecule has 4 aliphatic rings. The molecule has 9 atom stereocenters. The molecular weight excluding hydrogens is 372 g/mol. The lowest BCUT2D eigenvalue weighted by Crippen LogP contribution is -2.55. The maximum Gasteiger partial charge on any atom is 0.0656 e. The van der Waals surface area contributed by atoms with Crippen molar-refractivity contribution < 1.29 is 10.2 Å². The molecule has 0 spiro atoms. The topological polar surface area (TPSA) is 69.1 Å². The van der Waals surface area contributed by atoms with Gasteiger partial charge in [-0.25, -0.2) is 0 Å². The van der Waals surface area contributed by atoms with Crippen LogP contribution in [0.2, 0.25) is 0 Å². The molecule has 0 bridgehead atoms. The average Bonchev–Trinajstić information content (AvgIpc) is 3.34. The van der Waals surface area contributed by atoms with Crippen molar-refractivity contribution in [2.24, 2.45) is 40.4 Å². The first-order chi connectivity index (χ1) is 14.2. The monoisotopic (exact) mass is 414 g/mol. The Balaban J connectivity index is 1.34. The predicted molar refractivity (Wildman–Crippen MR) is 119 cm³/mol. The van der Waals surface area contributed by atoms with Crippen LogP contribution in [0.4, 0.5) is 0 Å². The molecule has 4 nitrogen and oxygen atoms in total. The molecule has 4 aliphatic carbocycles. The number of fused-ring (bicyclic) bond motifs is 5. The van der Waals surface area contributed by atoms with Gasteiger partial charge in [0.2, 0.25) is 0 Å². The quantitative estimate of drug-likeness (QED) is 0.641. The summed E-state index contributed by atoms with van der Waals surface area (Å²) in [7, 11) is 0. The third kappa shape index (κ3) is 3.20. The first-order valence-corrected chi connectivity index (χ1v) is 12.6. The summed E-state index contributed by atoms with van der Waals surface area (Å²) in [6.45, 7) is 7.20. The molecule has 3 N–H and O–H groups in total. The Hall–Kier alpha value is -0.870. The van der Waals surface area contributed by atoms with Gasteiger partial charge in [-0.05, 0) is 124 Å². The molecule has 30 heavy (non-hydrogen) atoms. The van der Waals surface area contributed by atoms with Crippen molar-refractivity contribution in [1.82, 2.24) is 10.2 Å². The number of hydrogen-bond acceptors (Lipinski definition) is 3. The van der Waals surface area contributed by atoms with E-state index in [9.17, 15) is 10.2 Å². The van der Waals surface area contributed by atoms with Crippen LogP contribution in [0.3, 0.4) is 0 Å². The number of nitrogens with one attached hydrogen (secondary N) is 1. The van der Waals surface area contributed by atoms with Crippen LogP contribution in [-0.2, 0) is 6.42 Å². The Morgan fingerprint density at radius 1 is 1.07 bits per heavy atom. The minimum absolute atomic E-state index is 0.0605. The number of hydrogen-bond donors (Lipinski definition) is 3. The molecule has 0 saturated heterocycles. The van der Waals surface area contributed by atoms with Gasteiger partial charge in [-0.2, -0.15) is 5.10 Å². The number of aryl methyl sites for hydroxylation is 1. The van der Waals surface area contributed by atoms with E-state index < -0.39 is 5.60 Å². The maximum atomic E-state index is 11.6. The molecule has 1 aromatic heterocycles. The molecule has 0 radical (unpaired) electrons. The van der Waals surface area contributed by atoms with Crippen molar-refractivity contribution in [3.63, 3.8) is 0 Å².